The van der Waals surface area contributed by atoms with Crippen molar-refractivity contribution in [1.82, 2.24) is 5.43 Å². The molecule has 0 aliphatic rings. The maximum Gasteiger partial charge on any atom is 0.260 e. The Bertz CT molecular complexity index is 902. The Kier molecular flexibility index (Phi) is 5.97. The molecule has 1 aromatic carbocycles. The monoisotopic (exact) mass is 379 g/mol. The van der Waals surface area contributed by atoms with Crippen molar-refractivity contribution >= 4 is 39.2 Å². The van der Waals surface area contributed by atoms with Crippen LogP contribution in [0.1, 0.15) is 21.6 Å². The first kappa shape index (κ1) is 19.1. The molecule has 134 valence electrons. The van der Waals surface area contributed by atoms with Gasteiger partial charge in [0.2, 0.25) is 10.0 Å². The molecule has 0 bridgehead atoms. The second-order valence-electron chi connectivity index (χ2n) is 5.75. The number of hydrazone groups is 1. The summed E-state index contributed by atoms with van der Waals surface area (Å²) in [7, 11) is -3.60. The first-order chi connectivity index (χ1) is 11.7. The van der Waals surface area contributed by atoms with Gasteiger partial charge in [-0.15, -0.1) is 11.3 Å². The Labute approximate surface area is 152 Å². The maximum absolute atomic E-state index is 12.2. The predicted molar refractivity (Wildman–Crippen MR) is 103 cm³/mol. The van der Waals surface area contributed by atoms with Gasteiger partial charge in [-0.3, -0.25) is 9.10 Å². The number of aryl methyl sites for hydroxylation is 2. The average Bonchev–Trinajstić information content (AvgIpc) is 2.92. The molecule has 0 aliphatic carbocycles. The second-order valence-corrected chi connectivity index (χ2v) is 8.60. The number of nitrogens with one attached hydrogen (secondary N) is 1. The highest BCUT2D eigenvalue weighted by Gasteiger charge is 2.22. The largest absolute Gasteiger partial charge is 0.271 e. The van der Waals surface area contributed by atoms with Crippen molar-refractivity contribution in [2.24, 2.45) is 5.10 Å². The van der Waals surface area contributed by atoms with E-state index in [1.807, 2.05) is 38.3 Å². The summed E-state index contributed by atoms with van der Waals surface area (Å²) >= 11 is 1.51. The summed E-state index contributed by atoms with van der Waals surface area (Å²) in [5.41, 5.74) is 5.72. The molecule has 0 fully saturated rings. The Balaban J connectivity index is 2.15. The van der Waals surface area contributed by atoms with Crippen LogP contribution in [0.2, 0.25) is 0 Å². The molecule has 1 aromatic heterocycles. The maximum atomic E-state index is 12.2. The lowest BCUT2D eigenvalue weighted by atomic mass is 10.1. The number of nitrogens with zero attached hydrogens (tertiary/aromatic N) is 2. The number of rotatable bonds is 6. The van der Waals surface area contributed by atoms with Gasteiger partial charge in [0.25, 0.3) is 5.91 Å². The number of amides is 1. The van der Waals surface area contributed by atoms with Crippen LogP contribution in [0.5, 0.6) is 0 Å². The van der Waals surface area contributed by atoms with Crippen molar-refractivity contribution in [1.29, 1.82) is 0 Å². The van der Waals surface area contributed by atoms with Gasteiger partial charge in [-0.05, 0) is 55.0 Å². The third kappa shape index (κ3) is 4.90. The van der Waals surface area contributed by atoms with Gasteiger partial charge in [0, 0.05) is 4.88 Å². The molecule has 0 spiro atoms. The number of benzene rings is 1. The van der Waals surface area contributed by atoms with E-state index in [4.69, 9.17) is 0 Å². The van der Waals surface area contributed by atoms with Crippen molar-refractivity contribution in [3.63, 3.8) is 0 Å². The van der Waals surface area contributed by atoms with Crippen LogP contribution in [-0.2, 0) is 14.8 Å². The highest BCUT2D eigenvalue weighted by molar-refractivity contribution is 7.92. The number of thiophene rings is 1. The molecule has 6 nitrogen and oxygen atoms in total. The van der Waals surface area contributed by atoms with Crippen LogP contribution in [0.25, 0.3) is 0 Å². The normalized spacial score (nSPS) is 11.7. The van der Waals surface area contributed by atoms with Crippen molar-refractivity contribution in [3.05, 3.63) is 51.2 Å². The molecule has 1 amide bonds. The molecule has 8 heteroatoms. The molecule has 2 aromatic rings. The van der Waals surface area contributed by atoms with Gasteiger partial charge in [-0.25, -0.2) is 13.8 Å². The van der Waals surface area contributed by atoms with Gasteiger partial charge in [0.1, 0.15) is 6.54 Å². The van der Waals surface area contributed by atoms with E-state index >= 15 is 0 Å². The van der Waals surface area contributed by atoms with Gasteiger partial charge in [-0.1, -0.05) is 12.1 Å². The molecule has 0 saturated carbocycles. The summed E-state index contributed by atoms with van der Waals surface area (Å²) in [6.07, 6.45) is 2.64. The van der Waals surface area contributed by atoms with E-state index in [1.54, 1.807) is 18.3 Å². The summed E-state index contributed by atoms with van der Waals surface area (Å²) in [5, 5.41) is 5.84. The van der Waals surface area contributed by atoms with Gasteiger partial charge in [0.05, 0.1) is 18.2 Å². The molecule has 0 unspecified atom stereocenters. The predicted octanol–water partition coefficient (Wildman–Crippen LogP) is 2.59. The van der Waals surface area contributed by atoms with Gasteiger partial charge < -0.3 is 0 Å². The summed E-state index contributed by atoms with van der Waals surface area (Å²) in [6.45, 7) is 5.35. The SMILES string of the molecule is Cc1ccsc1/C=N\NC(=O)CN(c1cccc(C)c1C)S(C)(=O)=O. The quantitative estimate of drug-likeness (QED) is 0.619. The Hall–Kier alpha value is -2.19. The van der Waals surface area contributed by atoms with Crippen LogP contribution in [-0.4, -0.2) is 33.3 Å². The van der Waals surface area contributed by atoms with Crippen LogP contribution in [0.4, 0.5) is 5.69 Å². The fraction of sp³-hybridized carbons (Fsp3) is 0.294. The van der Waals surface area contributed by atoms with E-state index in [1.165, 1.54) is 11.3 Å². The van der Waals surface area contributed by atoms with Crippen molar-refractivity contribution in [2.45, 2.75) is 20.8 Å². The minimum Gasteiger partial charge on any atom is -0.271 e. The van der Waals surface area contributed by atoms with Gasteiger partial charge in [0.15, 0.2) is 0 Å². The van der Waals surface area contributed by atoms with Crippen LogP contribution in [0, 0.1) is 20.8 Å². The summed E-state index contributed by atoms with van der Waals surface area (Å²) in [5.74, 6) is -0.503. The van der Waals surface area contributed by atoms with Crippen LogP contribution in [0.15, 0.2) is 34.7 Å². The lowest BCUT2D eigenvalue weighted by molar-refractivity contribution is -0.119. The minimum absolute atomic E-state index is 0.329. The molecular weight excluding hydrogens is 358 g/mol. The van der Waals surface area contributed by atoms with Gasteiger partial charge in [-0.2, -0.15) is 5.10 Å². The van der Waals surface area contributed by atoms with E-state index in [2.05, 4.69) is 10.5 Å². The number of anilines is 1. The average molecular weight is 380 g/mol. The standard InChI is InChI=1S/C17H21N3O3S2/c1-12-6-5-7-15(14(12)3)20(25(4,22)23)11-17(21)19-18-10-16-13(2)8-9-24-16/h5-10H,11H2,1-4H3,(H,19,21)/b18-10-. The lowest BCUT2D eigenvalue weighted by Gasteiger charge is -2.23. The van der Waals surface area contributed by atoms with Crippen molar-refractivity contribution in [2.75, 3.05) is 17.1 Å². The fourth-order valence-electron chi connectivity index (χ4n) is 2.23. The van der Waals surface area contributed by atoms with E-state index in [-0.39, 0.29) is 6.54 Å². The van der Waals surface area contributed by atoms with Gasteiger partial charge >= 0.3 is 0 Å². The van der Waals surface area contributed by atoms with E-state index in [9.17, 15) is 13.2 Å². The zero-order chi connectivity index (χ0) is 18.6. The molecule has 0 radical (unpaired) electrons. The molecule has 25 heavy (non-hydrogen) atoms. The Morgan fingerprint density at radius 1 is 1.24 bits per heavy atom. The second kappa shape index (κ2) is 7.79. The number of hydrogen-bond acceptors (Lipinski definition) is 5. The highest BCUT2D eigenvalue weighted by atomic mass is 32.2. The van der Waals surface area contributed by atoms with Crippen molar-refractivity contribution < 1.29 is 13.2 Å². The number of hydrogen-bond donors (Lipinski definition) is 1. The zero-order valence-corrected chi connectivity index (χ0v) is 16.2. The summed E-state index contributed by atoms with van der Waals surface area (Å²) < 4.78 is 25.4. The van der Waals surface area contributed by atoms with Crippen LogP contribution >= 0.6 is 11.3 Å². The Morgan fingerprint density at radius 2 is 1.96 bits per heavy atom. The molecule has 0 saturated heterocycles. The lowest BCUT2D eigenvalue weighted by Crippen LogP contribution is -2.39. The molecule has 0 aliphatic heterocycles. The third-order valence-corrected chi connectivity index (χ3v) is 5.88. The smallest absolute Gasteiger partial charge is 0.260 e. The molecule has 1 N–H and O–H groups in total. The van der Waals surface area contributed by atoms with Crippen LogP contribution < -0.4 is 9.73 Å². The topological polar surface area (TPSA) is 78.8 Å². The molecular formula is C17H21N3O3S2. The first-order valence-electron chi connectivity index (χ1n) is 7.60. The van der Waals surface area contributed by atoms with Crippen molar-refractivity contribution in [3.8, 4) is 0 Å². The summed E-state index contributed by atoms with van der Waals surface area (Å²) in [4.78, 5) is 13.1. The summed E-state index contributed by atoms with van der Waals surface area (Å²) in [6, 6.07) is 7.31. The minimum atomic E-state index is -3.60. The van der Waals surface area contributed by atoms with Crippen LogP contribution in [0.3, 0.4) is 0 Å². The molecule has 2 rings (SSSR count). The Morgan fingerprint density at radius 3 is 2.56 bits per heavy atom. The number of carbonyl (C=O) groups excluding carboxylic acids is 1. The number of sulfonamides is 1. The van der Waals surface area contributed by atoms with E-state index < -0.39 is 15.9 Å². The zero-order valence-electron chi connectivity index (χ0n) is 14.6. The third-order valence-electron chi connectivity index (χ3n) is 3.81. The molecule has 1 heterocycles. The molecule has 0 atom stereocenters. The number of carbonyl (C=O) groups is 1. The van der Waals surface area contributed by atoms with E-state index in [0.29, 0.717) is 5.69 Å². The highest BCUT2D eigenvalue weighted by Crippen LogP contribution is 2.24. The first-order valence-corrected chi connectivity index (χ1v) is 10.3. The fourth-order valence-corrected chi connectivity index (χ4v) is 3.93. The van der Waals surface area contributed by atoms with E-state index in [0.717, 1.165) is 32.1 Å².